The second-order valence-electron chi connectivity index (χ2n) is 4.29. The number of nitrogens with zero attached hydrogens (tertiary/aromatic N) is 1. The first-order chi connectivity index (χ1) is 8.45. The van der Waals surface area contributed by atoms with Crippen molar-refractivity contribution in [3.05, 3.63) is 23.2 Å². The van der Waals surface area contributed by atoms with Crippen LogP contribution in [-0.2, 0) is 11.2 Å². The molecule has 0 aromatic carbocycles. The fraction of sp³-hybridized carbons (Fsp3) is 0.538. The quantitative estimate of drug-likeness (QED) is 0.842. The molecule has 1 rings (SSSR count). The predicted molar refractivity (Wildman–Crippen MR) is 66.7 cm³/mol. The predicted octanol–water partition coefficient (Wildman–Crippen LogP) is 2.09. The molecule has 0 aliphatic carbocycles. The smallest absolute Gasteiger partial charge is 0.303 e. The zero-order chi connectivity index (χ0) is 13.7. The van der Waals surface area contributed by atoms with Crippen molar-refractivity contribution < 1.29 is 19.1 Å². The van der Waals surface area contributed by atoms with Gasteiger partial charge in [-0.3, -0.25) is 9.59 Å². The van der Waals surface area contributed by atoms with E-state index in [1.807, 2.05) is 13.8 Å². The molecule has 1 heterocycles. The molecule has 1 amide bonds. The molecule has 0 bridgehead atoms. The van der Waals surface area contributed by atoms with Crippen LogP contribution in [0, 0.1) is 6.92 Å². The van der Waals surface area contributed by atoms with Crippen LogP contribution in [0.2, 0.25) is 0 Å². The fourth-order valence-electron chi connectivity index (χ4n) is 1.73. The van der Waals surface area contributed by atoms with Crippen LogP contribution in [0.4, 0.5) is 0 Å². The van der Waals surface area contributed by atoms with Crippen LogP contribution in [0.3, 0.4) is 0 Å². The van der Waals surface area contributed by atoms with Gasteiger partial charge in [0.2, 0.25) is 0 Å². The zero-order valence-corrected chi connectivity index (χ0v) is 11.0. The summed E-state index contributed by atoms with van der Waals surface area (Å²) in [5.74, 6) is 0.0839. The second kappa shape index (κ2) is 6.23. The van der Waals surface area contributed by atoms with E-state index in [0.717, 1.165) is 17.7 Å². The number of aryl methyl sites for hydroxylation is 2. The topological polar surface area (TPSA) is 70.8 Å². The maximum absolute atomic E-state index is 12.0. The van der Waals surface area contributed by atoms with E-state index in [-0.39, 0.29) is 12.3 Å². The first kappa shape index (κ1) is 14.3. The van der Waals surface area contributed by atoms with E-state index in [1.165, 1.54) is 4.90 Å². The minimum absolute atomic E-state index is 0.0645. The molecule has 0 aliphatic heterocycles. The summed E-state index contributed by atoms with van der Waals surface area (Å²) in [6.07, 6.45) is 1.26. The van der Waals surface area contributed by atoms with Gasteiger partial charge in [0.15, 0.2) is 5.76 Å². The summed E-state index contributed by atoms with van der Waals surface area (Å²) in [6, 6.07) is 1.73. The van der Waals surface area contributed by atoms with Crippen LogP contribution < -0.4 is 0 Å². The molecule has 1 aromatic heterocycles. The molecule has 0 atom stereocenters. The maximum atomic E-state index is 12.0. The van der Waals surface area contributed by atoms with E-state index >= 15 is 0 Å². The Balaban J connectivity index is 2.59. The number of carbonyl (C=O) groups is 2. The number of hydrogen-bond donors (Lipinski definition) is 1. The Morgan fingerprint density at radius 3 is 2.61 bits per heavy atom. The molecular formula is C13H19NO4. The Bertz CT molecular complexity index is 436. The first-order valence-corrected chi connectivity index (χ1v) is 6.02. The fourth-order valence-corrected chi connectivity index (χ4v) is 1.73. The number of rotatable bonds is 6. The minimum atomic E-state index is -0.849. The van der Waals surface area contributed by atoms with Crippen LogP contribution >= 0.6 is 0 Å². The maximum Gasteiger partial charge on any atom is 0.303 e. The molecule has 0 aliphatic rings. The van der Waals surface area contributed by atoms with Crippen LogP contribution in [0.15, 0.2) is 10.5 Å². The highest BCUT2D eigenvalue weighted by Gasteiger charge is 2.17. The van der Waals surface area contributed by atoms with Gasteiger partial charge < -0.3 is 14.4 Å². The monoisotopic (exact) mass is 253 g/mol. The SMILES string of the molecule is CCc1oc(C(=O)N(C)CCCC(=O)O)cc1C. The summed E-state index contributed by atoms with van der Waals surface area (Å²) in [6.45, 7) is 4.28. The lowest BCUT2D eigenvalue weighted by Gasteiger charge is -2.14. The third-order valence-corrected chi connectivity index (χ3v) is 2.78. The minimum Gasteiger partial charge on any atom is -0.481 e. The molecule has 18 heavy (non-hydrogen) atoms. The number of carboxylic acid groups (broad SMARTS) is 1. The van der Waals surface area contributed by atoms with Gasteiger partial charge in [-0.1, -0.05) is 6.92 Å². The summed E-state index contributed by atoms with van der Waals surface area (Å²) in [5, 5.41) is 8.53. The Hall–Kier alpha value is -1.78. The summed E-state index contributed by atoms with van der Waals surface area (Å²) in [7, 11) is 1.65. The molecule has 0 radical (unpaired) electrons. The number of hydrogen-bond acceptors (Lipinski definition) is 3. The molecule has 1 aromatic rings. The molecule has 5 nitrogen and oxygen atoms in total. The molecule has 0 fully saturated rings. The van der Waals surface area contributed by atoms with E-state index in [0.29, 0.717) is 18.7 Å². The van der Waals surface area contributed by atoms with Crippen molar-refractivity contribution in [1.29, 1.82) is 0 Å². The van der Waals surface area contributed by atoms with Gasteiger partial charge >= 0.3 is 5.97 Å². The summed E-state index contributed by atoms with van der Waals surface area (Å²) < 4.78 is 5.47. The Morgan fingerprint density at radius 1 is 1.44 bits per heavy atom. The van der Waals surface area contributed by atoms with Gasteiger partial charge in [-0.05, 0) is 25.0 Å². The number of aliphatic carboxylic acids is 1. The highest BCUT2D eigenvalue weighted by atomic mass is 16.4. The highest BCUT2D eigenvalue weighted by Crippen LogP contribution is 2.16. The first-order valence-electron chi connectivity index (χ1n) is 6.02. The summed E-state index contributed by atoms with van der Waals surface area (Å²) in [5.41, 5.74) is 0.972. The number of carbonyl (C=O) groups excluding carboxylic acids is 1. The van der Waals surface area contributed by atoms with Gasteiger partial charge in [0.1, 0.15) is 5.76 Å². The van der Waals surface area contributed by atoms with Crippen molar-refractivity contribution in [2.24, 2.45) is 0 Å². The van der Waals surface area contributed by atoms with E-state index < -0.39 is 5.97 Å². The lowest BCUT2D eigenvalue weighted by atomic mass is 10.2. The van der Waals surface area contributed by atoms with Gasteiger partial charge in [0.25, 0.3) is 5.91 Å². The van der Waals surface area contributed by atoms with Crippen LogP contribution in [0.25, 0.3) is 0 Å². The van der Waals surface area contributed by atoms with Crippen molar-refractivity contribution in [3.63, 3.8) is 0 Å². The van der Waals surface area contributed by atoms with Gasteiger partial charge in [-0.25, -0.2) is 0 Å². The van der Waals surface area contributed by atoms with E-state index in [2.05, 4.69) is 0 Å². The third kappa shape index (κ3) is 3.61. The van der Waals surface area contributed by atoms with Crippen molar-refractivity contribution in [3.8, 4) is 0 Å². The standard InChI is InChI=1S/C13H19NO4/c1-4-10-9(2)8-11(18-10)13(17)14(3)7-5-6-12(15)16/h8H,4-7H2,1-3H3,(H,15,16). The van der Waals surface area contributed by atoms with Gasteiger partial charge in [-0.2, -0.15) is 0 Å². The molecule has 0 spiro atoms. The Labute approximate surface area is 106 Å². The molecule has 0 saturated heterocycles. The van der Waals surface area contributed by atoms with E-state index in [1.54, 1.807) is 13.1 Å². The summed E-state index contributed by atoms with van der Waals surface area (Å²) in [4.78, 5) is 23.9. The average Bonchev–Trinajstić information content (AvgIpc) is 2.68. The third-order valence-electron chi connectivity index (χ3n) is 2.78. The Kier molecular flexibility index (Phi) is 4.95. The number of carboxylic acids is 1. The normalized spacial score (nSPS) is 10.4. The molecule has 0 unspecified atom stereocenters. The van der Waals surface area contributed by atoms with Crippen molar-refractivity contribution in [2.45, 2.75) is 33.1 Å². The van der Waals surface area contributed by atoms with Crippen LogP contribution in [-0.4, -0.2) is 35.5 Å². The average molecular weight is 253 g/mol. The van der Waals surface area contributed by atoms with Gasteiger partial charge in [0, 0.05) is 26.4 Å². The van der Waals surface area contributed by atoms with Crippen LogP contribution in [0.5, 0.6) is 0 Å². The summed E-state index contributed by atoms with van der Waals surface area (Å²) >= 11 is 0. The largest absolute Gasteiger partial charge is 0.481 e. The van der Waals surface area contributed by atoms with E-state index in [9.17, 15) is 9.59 Å². The lowest BCUT2D eigenvalue weighted by molar-refractivity contribution is -0.137. The van der Waals surface area contributed by atoms with Gasteiger partial charge in [-0.15, -0.1) is 0 Å². The number of amides is 1. The zero-order valence-electron chi connectivity index (χ0n) is 11.0. The van der Waals surface area contributed by atoms with Crippen molar-refractivity contribution >= 4 is 11.9 Å². The van der Waals surface area contributed by atoms with Crippen LogP contribution in [0.1, 0.15) is 41.6 Å². The van der Waals surface area contributed by atoms with Crippen molar-refractivity contribution in [1.82, 2.24) is 4.90 Å². The second-order valence-corrected chi connectivity index (χ2v) is 4.29. The molecule has 5 heteroatoms. The van der Waals surface area contributed by atoms with Gasteiger partial charge in [0.05, 0.1) is 0 Å². The number of furan rings is 1. The molecular weight excluding hydrogens is 234 g/mol. The highest BCUT2D eigenvalue weighted by molar-refractivity contribution is 5.91. The van der Waals surface area contributed by atoms with E-state index in [4.69, 9.17) is 9.52 Å². The lowest BCUT2D eigenvalue weighted by Crippen LogP contribution is -2.27. The Morgan fingerprint density at radius 2 is 2.11 bits per heavy atom. The molecule has 100 valence electrons. The molecule has 0 saturated carbocycles. The molecule has 1 N–H and O–H groups in total. The van der Waals surface area contributed by atoms with Crippen molar-refractivity contribution in [2.75, 3.05) is 13.6 Å².